The van der Waals surface area contributed by atoms with Crippen molar-refractivity contribution in [2.24, 2.45) is 5.92 Å². The molecule has 0 spiro atoms. The molecular formula is C58H71F3N10O8. The number of halogens is 3. The molecule has 4 aromatic carbocycles. The van der Waals surface area contributed by atoms with Crippen LogP contribution < -0.4 is 36.8 Å². The lowest BCUT2D eigenvalue weighted by Crippen LogP contribution is -2.62. The van der Waals surface area contributed by atoms with Crippen LogP contribution in [0.25, 0.3) is 0 Å². The van der Waals surface area contributed by atoms with Crippen LogP contribution in [-0.4, -0.2) is 160 Å². The molecule has 79 heavy (non-hydrogen) atoms. The van der Waals surface area contributed by atoms with E-state index in [4.69, 9.17) is 9.47 Å². The van der Waals surface area contributed by atoms with Crippen molar-refractivity contribution in [2.45, 2.75) is 95.2 Å². The molecule has 6 N–H and O–H groups in total. The second-order valence-corrected chi connectivity index (χ2v) is 21.8. The van der Waals surface area contributed by atoms with E-state index in [0.717, 1.165) is 42.4 Å². The molecule has 3 fully saturated rings. The zero-order chi connectivity index (χ0) is 56.1. The first-order chi connectivity index (χ1) is 37.9. The Morgan fingerprint density at radius 3 is 2.32 bits per heavy atom. The average molecular weight is 1090 g/mol. The summed E-state index contributed by atoms with van der Waals surface area (Å²) in [7, 11) is 1.61. The van der Waals surface area contributed by atoms with Crippen LogP contribution in [-0.2, 0) is 56.6 Å². The zero-order valence-corrected chi connectivity index (χ0v) is 45.3. The van der Waals surface area contributed by atoms with Crippen molar-refractivity contribution < 1.29 is 51.4 Å². The molecule has 0 aromatic heterocycles. The van der Waals surface area contributed by atoms with Crippen LogP contribution in [0.5, 0.6) is 0 Å². The molecule has 5 heterocycles. The molecule has 1 unspecified atom stereocenters. The maximum atomic E-state index is 14.9. The minimum absolute atomic E-state index is 0.00729. The zero-order valence-electron chi connectivity index (χ0n) is 45.3. The minimum Gasteiger partial charge on any atom is -0.381 e. The Bertz CT molecular complexity index is 2910. The van der Waals surface area contributed by atoms with Crippen LogP contribution in [0, 0.1) is 23.4 Å². The molecule has 4 aromatic rings. The highest BCUT2D eigenvalue weighted by atomic mass is 19.1. The third-order valence-corrected chi connectivity index (χ3v) is 16.2. The lowest BCUT2D eigenvalue weighted by Gasteiger charge is -2.43. The van der Waals surface area contributed by atoms with E-state index in [2.05, 4.69) is 55.5 Å². The summed E-state index contributed by atoms with van der Waals surface area (Å²) < 4.78 is 55.0. The van der Waals surface area contributed by atoms with Gasteiger partial charge in [0.15, 0.2) is 0 Å². The van der Waals surface area contributed by atoms with Gasteiger partial charge < -0.3 is 51.2 Å². The molecule has 3 saturated heterocycles. The van der Waals surface area contributed by atoms with E-state index in [1.165, 1.54) is 23.1 Å². The SMILES string of the molecule is CN[C@@H](C)C(=O)N[C@H](C(=O)N1Cc2cc(NC(=O)CNC(=O)C3(C)CN(C(=O)CN4C[C@@H](C)NC[C@@H]4CN4CCOC[C@H]4C)c4cc(Cc5ccc(F)cc5)ccc43)ccc2[C@H]1C(=O)Nc1c(F)cccc1F)C1CCOCC1. The number of hydrogen-bond donors (Lipinski definition) is 6. The summed E-state index contributed by atoms with van der Waals surface area (Å²) in [5.41, 5.74) is 2.00. The summed E-state index contributed by atoms with van der Waals surface area (Å²) >= 11 is 0. The van der Waals surface area contributed by atoms with Crippen molar-refractivity contribution in [1.82, 2.24) is 36.0 Å². The fourth-order valence-electron chi connectivity index (χ4n) is 11.5. The van der Waals surface area contributed by atoms with Gasteiger partial charge in [-0.15, -0.1) is 0 Å². The van der Waals surface area contributed by atoms with Crippen molar-refractivity contribution in [2.75, 3.05) is 94.8 Å². The molecule has 0 saturated carbocycles. The Morgan fingerprint density at radius 2 is 1.59 bits per heavy atom. The summed E-state index contributed by atoms with van der Waals surface area (Å²) in [5.74, 6) is -5.92. The van der Waals surface area contributed by atoms with E-state index in [1.807, 2.05) is 18.2 Å². The predicted octanol–water partition coefficient (Wildman–Crippen LogP) is 3.98. The van der Waals surface area contributed by atoms with Crippen molar-refractivity contribution in [1.29, 1.82) is 0 Å². The number of amides is 6. The second kappa shape index (κ2) is 24.7. The number of benzene rings is 4. The van der Waals surface area contributed by atoms with Gasteiger partial charge in [-0.2, -0.15) is 0 Å². The monoisotopic (exact) mass is 1090 g/mol. The van der Waals surface area contributed by atoms with Crippen LogP contribution in [0.3, 0.4) is 0 Å². The number of para-hydroxylation sites is 1. The highest BCUT2D eigenvalue weighted by Crippen LogP contribution is 2.43. The van der Waals surface area contributed by atoms with Crippen LogP contribution in [0.1, 0.15) is 74.4 Å². The number of anilines is 3. The van der Waals surface area contributed by atoms with Gasteiger partial charge in [-0.25, -0.2) is 13.2 Å². The van der Waals surface area contributed by atoms with Crippen LogP contribution in [0.2, 0.25) is 0 Å². The summed E-state index contributed by atoms with van der Waals surface area (Å²) in [6.07, 6.45) is 1.35. The highest BCUT2D eigenvalue weighted by Gasteiger charge is 2.48. The van der Waals surface area contributed by atoms with Gasteiger partial charge in [-0.3, -0.25) is 38.6 Å². The smallest absolute Gasteiger partial charge is 0.252 e. The third-order valence-electron chi connectivity index (χ3n) is 16.2. The molecule has 5 aliphatic rings. The van der Waals surface area contributed by atoms with Gasteiger partial charge in [-0.1, -0.05) is 36.4 Å². The number of nitrogens with one attached hydrogen (secondary N) is 6. The van der Waals surface area contributed by atoms with E-state index < -0.39 is 76.9 Å². The fraction of sp³-hybridized carbons (Fsp3) is 0.483. The molecule has 0 radical (unpaired) electrons. The first kappa shape index (κ1) is 57.0. The third kappa shape index (κ3) is 12.8. The van der Waals surface area contributed by atoms with Gasteiger partial charge in [0, 0.05) is 82.0 Å². The Balaban J connectivity index is 0.925. The summed E-state index contributed by atoms with van der Waals surface area (Å²) in [5, 5.41) is 17.3. The first-order valence-electron chi connectivity index (χ1n) is 27.2. The standard InChI is InChI=1S/C58H71F3N10O8/c1-34-28-69(43(26-63-34)30-68-19-22-79-32-35(68)2)31-50(73)71-33-58(4,45-16-11-38(24-48(45)71)23-37-9-12-41(59)13-10-37)57(77)64-27-49(72)65-42-14-15-44-40(25-42)29-70(53(44)55(75)67-52-46(60)7-6-8-47(52)61)56(76)51(39-17-20-78-21-18-39)66-54(74)36(3)62-5/h6-16,24-25,34-36,39,43,51,53,62-63H,17-23,26-33H2,1-5H3,(H,64,77)(H,65,72)(H,66,74)(H,67,75)/t34-,35-,36+,43-,51+,53+,58?/m1/s1. The number of piperazine rings is 1. The van der Waals surface area contributed by atoms with Crippen LogP contribution in [0.4, 0.5) is 30.2 Å². The second-order valence-electron chi connectivity index (χ2n) is 21.8. The van der Waals surface area contributed by atoms with Crippen molar-refractivity contribution >= 4 is 52.5 Å². The number of likely N-dealkylation sites (N-methyl/N-ethyl adjacent to an activating group) is 1. The molecular weight excluding hydrogens is 1020 g/mol. The molecule has 422 valence electrons. The van der Waals surface area contributed by atoms with Crippen molar-refractivity contribution in [3.05, 3.63) is 124 Å². The highest BCUT2D eigenvalue weighted by molar-refractivity contribution is 6.05. The Kier molecular flexibility index (Phi) is 17.8. The maximum absolute atomic E-state index is 14.9. The number of ether oxygens (including phenoxy) is 2. The molecule has 7 atom stereocenters. The topological polar surface area (TPSA) is 206 Å². The summed E-state index contributed by atoms with van der Waals surface area (Å²) in [4.78, 5) is 93.0. The number of fused-ring (bicyclic) bond motifs is 2. The molecule has 5 aliphatic heterocycles. The lowest BCUT2D eigenvalue weighted by molar-refractivity contribution is -0.144. The number of carbonyl (C=O) groups excluding carboxylic acids is 6. The minimum atomic E-state index is -1.40. The number of carbonyl (C=O) groups is 6. The van der Waals surface area contributed by atoms with Gasteiger partial charge >= 0.3 is 0 Å². The van der Waals surface area contributed by atoms with Gasteiger partial charge in [0.1, 0.15) is 35.2 Å². The summed E-state index contributed by atoms with van der Waals surface area (Å²) in [6.45, 7) is 12.0. The maximum Gasteiger partial charge on any atom is 0.252 e. The van der Waals surface area contributed by atoms with Gasteiger partial charge in [0.05, 0.1) is 37.8 Å². The van der Waals surface area contributed by atoms with E-state index >= 15 is 0 Å². The van der Waals surface area contributed by atoms with Gasteiger partial charge in [0.2, 0.25) is 29.5 Å². The van der Waals surface area contributed by atoms with E-state index in [0.29, 0.717) is 81.2 Å². The average Bonchev–Trinajstić information content (AvgIpc) is 4.14. The molecule has 6 amide bonds. The van der Waals surface area contributed by atoms with E-state index in [1.54, 1.807) is 50.1 Å². The number of hydrogen-bond acceptors (Lipinski definition) is 12. The lowest BCUT2D eigenvalue weighted by atomic mass is 9.83. The molecule has 21 heteroatoms. The predicted molar refractivity (Wildman–Crippen MR) is 290 cm³/mol. The fourth-order valence-corrected chi connectivity index (χ4v) is 11.5. The number of rotatable bonds is 17. The number of nitrogens with zero attached hydrogens (tertiary/aromatic N) is 4. The Hall–Kier alpha value is -6.75. The van der Waals surface area contributed by atoms with E-state index in [-0.39, 0.29) is 61.1 Å². The molecule has 18 nitrogen and oxygen atoms in total. The molecule has 9 rings (SSSR count). The van der Waals surface area contributed by atoms with Gasteiger partial charge in [-0.05, 0) is 130 Å². The van der Waals surface area contributed by atoms with Crippen molar-refractivity contribution in [3.8, 4) is 0 Å². The molecule has 0 aliphatic carbocycles. The van der Waals surface area contributed by atoms with Crippen molar-refractivity contribution in [3.63, 3.8) is 0 Å². The first-order valence-corrected chi connectivity index (χ1v) is 27.2. The quantitative estimate of drug-likeness (QED) is 0.0889. The van der Waals surface area contributed by atoms with Crippen LogP contribution >= 0.6 is 0 Å². The number of morpholine rings is 1. The van der Waals surface area contributed by atoms with Gasteiger partial charge in [0.25, 0.3) is 5.91 Å². The van der Waals surface area contributed by atoms with Crippen LogP contribution in [0.15, 0.2) is 78.9 Å². The normalized spacial score (nSPS) is 23.3. The summed E-state index contributed by atoms with van der Waals surface area (Å²) in [6, 6.07) is 17.0. The Morgan fingerprint density at radius 1 is 0.861 bits per heavy atom. The largest absolute Gasteiger partial charge is 0.381 e. The van der Waals surface area contributed by atoms with E-state index in [9.17, 15) is 41.9 Å². The Labute approximate surface area is 458 Å². The molecule has 0 bridgehead atoms.